The Morgan fingerprint density at radius 3 is 2.62 bits per heavy atom. The minimum Gasteiger partial charge on any atom is -0.484 e. The maximum absolute atomic E-state index is 13.1. The molecular formula is C27H23NO4. The number of amides is 1. The molecule has 0 N–H and O–H groups in total. The molecule has 1 aliphatic heterocycles. The van der Waals surface area contributed by atoms with Gasteiger partial charge < -0.3 is 14.1 Å². The minimum absolute atomic E-state index is 0.0833. The van der Waals surface area contributed by atoms with Crippen molar-refractivity contribution < 1.29 is 13.9 Å². The van der Waals surface area contributed by atoms with E-state index < -0.39 is 0 Å². The molecule has 3 aromatic carbocycles. The summed E-state index contributed by atoms with van der Waals surface area (Å²) in [7, 11) is 0. The molecule has 1 aromatic heterocycles. The van der Waals surface area contributed by atoms with Crippen molar-refractivity contribution in [2.45, 2.75) is 26.3 Å². The molecule has 1 atom stereocenters. The third kappa shape index (κ3) is 3.46. The molecule has 5 rings (SSSR count). The third-order valence-electron chi connectivity index (χ3n) is 5.94. The fraction of sp³-hybridized carbons (Fsp3) is 0.185. The molecule has 0 bridgehead atoms. The van der Waals surface area contributed by atoms with Gasteiger partial charge in [-0.3, -0.25) is 9.59 Å². The number of hydrogen-bond acceptors (Lipinski definition) is 4. The Balaban J connectivity index is 1.39. The van der Waals surface area contributed by atoms with E-state index in [1.165, 1.54) is 5.56 Å². The van der Waals surface area contributed by atoms with Gasteiger partial charge in [0.25, 0.3) is 5.91 Å². The number of para-hydroxylation sites is 1. The van der Waals surface area contributed by atoms with Crippen molar-refractivity contribution in [1.29, 1.82) is 0 Å². The smallest absolute Gasteiger partial charge is 0.265 e. The third-order valence-corrected chi connectivity index (χ3v) is 5.94. The van der Waals surface area contributed by atoms with Crippen LogP contribution in [0.1, 0.15) is 18.2 Å². The normalized spacial score (nSPS) is 15.1. The fourth-order valence-electron chi connectivity index (χ4n) is 4.47. The maximum Gasteiger partial charge on any atom is 0.265 e. The Hall–Kier alpha value is -3.86. The maximum atomic E-state index is 13.1. The number of hydrogen-bond donors (Lipinski definition) is 0. The summed E-state index contributed by atoms with van der Waals surface area (Å²) < 4.78 is 11.8. The molecule has 0 unspecified atom stereocenters. The number of anilines is 1. The van der Waals surface area contributed by atoms with Gasteiger partial charge in [0, 0.05) is 17.8 Å². The molecule has 0 radical (unpaired) electrons. The van der Waals surface area contributed by atoms with Crippen LogP contribution in [-0.2, 0) is 11.2 Å². The van der Waals surface area contributed by atoms with Gasteiger partial charge in [-0.15, -0.1) is 0 Å². The number of rotatable bonds is 4. The quantitative estimate of drug-likeness (QED) is 0.455. The number of nitrogens with zero attached hydrogens (tertiary/aromatic N) is 1. The van der Waals surface area contributed by atoms with Crippen LogP contribution in [0.25, 0.3) is 22.1 Å². The van der Waals surface area contributed by atoms with E-state index in [0.29, 0.717) is 28.0 Å². The Morgan fingerprint density at radius 2 is 1.81 bits per heavy atom. The summed E-state index contributed by atoms with van der Waals surface area (Å²) in [6.45, 7) is 3.73. The molecule has 0 aliphatic carbocycles. The Kier molecular flexibility index (Phi) is 5.02. The summed E-state index contributed by atoms with van der Waals surface area (Å²) in [5, 5.41) is 0.482. The van der Waals surface area contributed by atoms with E-state index in [-0.39, 0.29) is 24.0 Å². The second-order valence-corrected chi connectivity index (χ2v) is 8.12. The van der Waals surface area contributed by atoms with Crippen molar-refractivity contribution in [2.75, 3.05) is 11.5 Å². The highest BCUT2D eigenvalue weighted by molar-refractivity contribution is 5.97. The number of aryl methyl sites for hydroxylation is 1. The van der Waals surface area contributed by atoms with E-state index in [1.807, 2.05) is 55.5 Å². The molecular weight excluding hydrogens is 402 g/mol. The van der Waals surface area contributed by atoms with Crippen LogP contribution < -0.4 is 15.1 Å². The molecule has 0 spiro atoms. The second-order valence-electron chi connectivity index (χ2n) is 8.12. The molecule has 0 saturated heterocycles. The van der Waals surface area contributed by atoms with Gasteiger partial charge in [-0.25, -0.2) is 0 Å². The van der Waals surface area contributed by atoms with Crippen LogP contribution in [0, 0.1) is 6.92 Å². The molecule has 2 heterocycles. The van der Waals surface area contributed by atoms with Gasteiger partial charge in [0.2, 0.25) is 5.43 Å². The highest BCUT2D eigenvalue weighted by Gasteiger charge is 2.30. The molecule has 160 valence electrons. The molecule has 4 aromatic rings. The van der Waals surface area contributed by atoms with E-state index in [0.717, 1.165) is 17.7 Å². The van der Waals surface area contributed by atoms with Crippen LogP contribution in [0.3, 0.4) is 0 Å². The topological polar surface area (TPSA) is 59.8 Å². The van der Waals surface area contributed by atoms with E-state index in [1.54, 1.807) is 30.0 Å². The summed E-state index contributed by atoms with van der Waals surface area (Å²) in [6.07, 6.45) is 0.839. The standard InChI is InChI=1S/C27H23NO4/c1-17-14-20-10-6-7-11-23(20)28(17)25(29)16-31-21-12-13-22-24(15-21)32-18(2)26(27(22)30)19-8-4-3-5-9-19/h3-13,15,17H,14,16H2,1-2H3/t17-/m1/s1. The van der Waals surface area contributed by atoms with Gasteiger partial charge in [-0.05, 0) is 49.6 Å². The lowest BCUT2D eigenvalue weighted by Crippen LogP contribution is -2.39. The zero-order valence-corrected chi connectivity index (χ0v) is 18.0. The summed E-state index contributed by atoms with van der Waals surface area (Å²) in [5.74, 6) is 0.935. The largest absolute Gasteiger partial charge is 0.484 e. The van der Waals surface area contributed by atoms with Crippen LogP contribution in [0.2, 0.25) is 0 Å². The van der Waals surface area contributed by atoms with E-state index in [4.69, 9.17) is 9.15 Å². The Labute approximate surface area is 185 Å². The molecule has 0 fully saturated rings. The Bertz CT molecular complexity index is 1370. The van der Waals surface area contributed by atoms with Crippen molar-refractivity contribution in [3.63, 3.8) is 0 Å². The van der Waals surface area contributed by atoms with Gasteiger partial charge >= 0.3 is 0 Å². The monoisotopic (exact) mass is 425 g/mol. The zero-order valence-electron chi connectivity index (χ0n) is 18.0. The first-order chi connectivity index (χ1) is 15.5. The molecule has 0 saturated carbocycles. The van der Waals surface area contributed by atoms with Crippen molar-refractivity contribution in [3.05, 3.63) is 94.3 Å². The zero-order chi connectivity index (χ0) is 22.2. The predicted molar refractivity (Wildman–Crippen MR) is 125 cm³/mol. The first kappa shape index (κ1) is 20.1. The minimum atomic E-state index is -0.0976. The molecule has 32 heavy (non-hydrogen) atoms. The van der Waals surface area contributed by atoms with Gasteiger partial charge in [-0.1, -0.05) is 48.5 Å². The van der Waals surface area contributed by atoms with E-state index in [2.05, 4.69) is 6.07 Å². The highest BCUT2D eigenvalue weighted by atomic mass is 16.5. The number of fused-ring (bicyclic) bond motifs is 2. The molecule has 5 heteroatoms. The summed E-state index contributed by atoms with van der Waals surface area (Å²) >= 11 is 0. The van der Waals surface area contributed by atoms with E-state index >= 15 is 0 Å². The van der Waals surface area contributed by atoms with E-state index in [9.17, 15) is 9.59 Å². The second kappa shape index (κ2) is 8.00. The molecule has 1 amide bonds. The SMILES string of the molecule is Cc1oc2cc(OCC(=O)N3c4ccccc4C[C@H]3C)ccc2c(=O)c1-c1ccccc1. The summed E-state index contributed by atoms with van der Waals surface area (Å²) in [4.78, 5) is 27.8. The van der Waals surface area contributed by atoms with Gasteiger partial charge in [0.05, 0.1) is 10.9 Å². The summed E-state index contributed by atoms with van der Waals surface area (Å²) in [5.41, 5.74) is 3.86. The van der Waals surface area contributed by atoms with Crippen LogP contribution in [-0.4, -0.2) is 18.6 Å². The van der Waals surface area contributed by atoms with Gasteiger partial charge in [0.15, 0.2) is 6.61 Å². The van der Waals surface area contributed by atoms with Gasteiger partial charge in [0.1, 0.15) is 17.1 Å². The van der Waals surface area contributed by atoms with Crippen molar-refractivity contribution in [3.8, 4) is 16.9 Å². The number of carbonyl (C=O) groups excluding carboxylic acids is 1. The van der Waals surface area contributed by atoms with Crippen molar-refractivity contribution in [2.24, 2.45) is 0 Å². The first-order valence-electron chi connectivity index (χ1n) is 10.7. The molecule has 1 aliphatic rings. The fourth-order valence-corrected chi connectivity index (χ4v) is 4.47. The lowest BCUT2D eigenvalue weighted by atomic mass is 10.0. The number of carbonyl (C=O) groups is 1. The average molecular weight is 425 g/mol. The van der Waals surface area contributed by atoms with Crippen LogP contribution in [0.15, 0.2) is 82.0 Å². The first-order valence-corrected chi connectivity index (χ1v) is 10.7. The van der Waals surface area contributed by atoms with Crippen LogP contribution >= 0.6 is 0 Å². The van der Waals surface area contributed by atoms with Crippen LogP contribution in [0.4, 0.5) is 5.69 Å². The predicted octanol–water partition coefficient (Wildman–Crippen LogP) is 5.13. The lowest BCUT2D eigenvalue weighted by Gasteiger charge is -2.22. The van der Waals surface area contributed by atoms with Gasteiger partial charge in [-0.2, -0.15) is 0 Å². The lowest BCUT2D eigenvalue weighted by molar-refractivity contribution is -0.120. The van der Waals surface area contributed by atoms with Crippen LogP contribution in [0.5, 0.6) is 5.75 Å². The van der Waals surface area contributed by atoms with Crippen molar-refractivity contribution in [1.82, 2.24) is 0 Å². The average Bonchev–Trinajstić information content (AvgIpc) is 3.13. The number of benzene rings is 3. The number of ether oxygens (including phenoxy) is 1. The highest BCUT2D eigenvalue weighted by Crippen LogP contribution is 2.32. The van der Waals surface area contributed by atoms with Crippen molar-refractivity contribution >= 4 is 22.6 Å². The Morgan fingerprint density at radius 1 is 1.06 bits per heavy atom. The summed E-state index contributed by atoms with van der Waals surface area (Å²) in [6, 6.07) is 22.6. The molecule has 5 nitrogen and oxygen atoms in total.